The first-order chi connectivity index (χ1) is 9.52. The Hall–Kier alpha value is -2.23. The zero-order chi connectivity index (χ0) is 15.0. The van der Waals surface area contributed by atoms with Crippen molar-refractivity contribution in [3.8, 4) is 11.5 Å². The minimum atomic E-state index is -0.998. The molecule has 1 aromatic carbocycles. The van der Waals surface area contributed by atoms with E-state index in [1.165, 1.54) is 6.08 Å². The fourth-order valence-corrected chi connectivity index (χ4v) is 1.45. The zero-order valence-corrected chi connectivity index (χ0v) is 11.9. The molecule has 0 aliphatic rings. The number of carboxylic acid groups (broad SMARTS) is 1. The Balaban J connectivity index is 2.95. The summed E-state index contributed by atoms with van der Waals surface area (Å²) in [5.74, 6) is 0.289. The van der Waals surface area contributed by atoms with Gasteiger partial charge in [-0.15, -0.1) is 0 Å². The van der Waals surface area contributed by atoms with Crippen LogP contribution in [0.1, 0.15) is 25.8 Å². The first kappa shape index (κ1) is 15.8. The Kier molecular flexibility index (Phi) is 6.37. The van der Waals surface area contributed by atoms with Gasteiger partial charge in [0, 0.05) is 17.7 Å². The van der Waals surface area contributed by atoms with Gasteiger partial charge in [0.2, 0.25) is 0 Å². The second kappa shape index (κ2) is 8.04. The standard InChI is InChI=1S/C16H20O4/c1-4-9-19-14-7-5-13(6-8-16(17)18)15(10-14)20-11-12(2)3/h5-8,10H,2,4,9,11H2,1,3H3,(H,17,18)/b8-6+. The van der Waals surface area contributed by atoms with E-state index < -0.39 is 5.97 Å². The normalized spacial score (nSPS) is 10.5. The van der Waals surface area contributed by atoms with Crippen LogP contribution in [0, 0.1) is 0 Å². The van der Waals surface area contributed by atoms with Gasteiger partial charge in [-0.3, -0.25) is 0 Å². The van der Waals surface area contributed by atoms with E-state index in [-0.39, 0.29) is 0 Å². The van der Waals surface area contributed by atoms with Crippen LogP contribution in [-0.2, 0) is 4.79 Å². The highest BCUT2D eigenvalue weighted by Crippen LogP contribution is 2.26. The van der Waals surface area contributed by atoms with E-state index in [0.29, 0.717) is 30.3 Å². The molecule has 0 aliphatic carbocycles. The zero-order valence-electron chi connectivity index (χ0n) is 11.9. The Morgan fingerprint density at radius 1 is 1.40 bits per heavy atom. The smallest absolute Gasteiger partial charge is 0.328 e. The number of carboxylic acids is 1. The van der Waals surface area contributed by atoms with Crippen LogP contribution in [0.4, 0.5) is 0 Å². The van der Waals surface area contributed by atoms with Gasteiger partial charge in [0.25, 0.3) is 0 Å². The molecule has 0 heterocycles. The van der Waals surface area contributed by atoms with E-state index in [4.69, 9.17) is 14.6 Å². The molecule has 0 unspecified atom stereocenters. The van der Waals surface area contributed by atoms with Crippen molar-refractivity contribution in [3.05, 3.63) is 42.0 Å². The summed E-state index contributed by atoms with van der Waals surface area (Å²) in [5.41, 5.74) is 1.58. The summed E-state index contributed by atoms with van der Waals surface area (Å²) in [7, 11) is 0. The predicted octanol–water partition coefficient (Wildman–Crippen LogP) is 3.53. The van der Waals surface area contributed by atoms with E-state index >= 15 is 0 Å². The van der Waals surface area contributed by atoms with Gasteiger partial charge in [-0.25, -0.2) is 4.79 Å². The molecule has 1 N–H and O–H groups in total. The van der Waals surface area contributed by atoms with Crippen molar-refractivity contribution < 1.29 is 19.4 Å². The molecule has 0 radical (unpaired) electrons. The van der Waals surface area contributed by atoms with Crippen LogP contribution in [0.25, 0.3) is 6.08 Å². The summed E-state index contributed by atoms with van der Waals surface area (Å²) in [6.45, 7) is 8.68. The molecule has 0 atom stereocenters. The third-order valence-corrected chi connectivity index (χ3v) is 2.34. The lowest BCUT2D eigenvalue weighted by atomic mass is 10.1. The van der Waals surface area contributed by atoms with Crippen molar-refractivity contribution >= 4 is 12.0 Å². The molecule has 0 saturated heterocycles. The maximum Gasteiger partial charge on any atom is 0.328 e. The number of ether oxygens (including phenoxy) is 2. The van der Waals surface area contributed by atoms with Gasteiger partial charge in [-0.05, 0) is 37.1 Å². The highest BCUT2D eigenvalue weighted by molar-refractivity contribution is 5.86. The van der Waals surface area contributed by atoms with Crippen LogP contribution in [0.2, 0.25) is 0 Å². The summed E-state index contributed by atoms with van der Waals surface area (Å²) in [6, 6.07) is 5.34. The highest BCUT2D eigenvalue weighted by atomic mass is 16.5. The van der Waals surface area contributed by atoms with Crippen molar-refractivity contribution in [3.63, 3.8) is 0 Å². The molecule has 0 fully saturated rings. The van der Waals surface area contributed by atoms with Gasteiger partial charge in [0.15, 0.2) is 0 Å². The number of rotatable bonds is 8. The van der Waals surface area contributed by atoms with Gasteiger partial charge in [0.1, 0.15) is 18.1 Å². The Morgan fingerprint density at radius 3 is 2.75 bits per heavy atom. The molecule has 1 rings (SSSR count). The SMILES string of the molecule is C=C(C)COc1cc(OCCC)ccc1/C=C/C(=O)O. The van der Waals surface area contributed by atoms with E-state index in [0.717, 1.165) is 18.1 Å². The summed E-state index contributed by atoms with van der Waals surface area (Å²) in [6.07, 6.45) is 3.50. The Morgan fingerprint density at radius 2 is 2.15 bits per heavy atom. The van der Waals surface area contributed by atoms with Crippen molar-refractivity contribution in [2.45, 2.75) is 20.3 Å². The molecule has 0 spiro atoms. The third kappa shape index (κ3) is 5.61. The minimum absolute atomic E-state index is 0.380. The first-order valence-corrected chi connectivity index (χ1v) is 6.48. The molecule has 0 aliphatic heterocycles. The molecular weight excluding hydrogens is 256 g/mol. The molecule has 0 saturated carbocycles. The average Bonchev–Trinajstić information content (AvgIpc) is 2.41. The number of carbonyl (C=O) groups is 1. The molecule has 20 heavy (non-hydrogen) atoms. The molecular formula is C16H20O4. The molecule has 108 valence electrons. The van der Waals surface area contributed by atoms with Crippen molar-refractivity contribution in [2.75, 3.05) is 13.2 Å². The first-order valence-electron chi connectivity index (χ1n) is 6.48. The summed E-state index contributed by atoms with van der Waals surface area (Å²) in [4.78, 5) is 10.6. The van der Waals surface area contributed by atoms with Crippen molar-refractivity contribution in [1.29, 1.82) is 0 Å². The predicted molar refractivity (Wildman–Crippen MR) is 79.2 cm³/mol. The lowest BCUT2D eigenvalue weighted by Gasteiger charge is -2.12. The van der Waals surface area contributed by atoms with Crippen molar-refractivity contribution in [1.82, 2.24) is 0 Å². The second-order valence-electron chi connectivity index (χ2n) is 4.47. The van der Waals surface area contributed by atoms with Crippen LogP contribution in [0.3, 0.4) is 0 Å². The Bertz CT molecular complexity index is 503. The number of benzene rings is 1. The lowest BCUT2D eigenvalue weighted by molar-refractivity contribution is -0.131. The maximum atomic E-state index is 10.6. The number of hydrogen-bond acceptors (Lipinski definition) is 3. The quantitative estimate of drug-likeness (QED) is 0.583. The fourth-order valence-electron chi connectivity index (χ4n) is 1.45. The summed E-state index contributed by atoms with van der Waals surface area (Å²) in [5, 5.41) is 8.69. The van der Waals surface area contributed by atoms with Crippen molar-refractivity contribution in [2.24, 2.45) is 0 Å². The lowest BCUT2D eigenvalue weighted by Crippen LogP contribution is -2.01. The van der Waals surface area contributed by atoms with Crippen LogP contribution in [-0.4, -0.2) is 24.3 Å². The molecule has 0 aromatic heterocycles. The molecule has 4 nitrogen and oxygen atoms in total. The van der Waals surface area contributed by atoms with E-state index in [1.807, 2.05) is 13.8 Å². The van der Waals surface area contributed by atoms with Gasteiger partial charge in [-0.2, -0.15) is 0 Å². The molecule has 4 heteroatoms. The second-order valence-corrected chi connectivity index (χ2v) is 4.47. The van der Waals surface area contributed by atoms with Gasteiger partial charge < -0.3 is 14.6 Å². The van der Waals surface area contributed by atoms with E-state index in [9.17, 15) is 4.79 Å². The van der Waals surface area contributed by atoms with E-state index in [1.54, 1.807) is 18.2 Å². The summed E-state index contributed by atoms with van der Waals surface area (Å²) >= 11 is 0. The highest BCUT2D eigenvalue weighted by Gasteiger charge is 2.05. The topological polar surface area (TPSA) is 55.8 Å². The molecule has 0 amide bonds. The van der Waals surface area contributed by atoms with Crippen LogP contribution >= 0.6 is 0 Å². The van der Waals surface area contributed by atoms with Gasteiger partial charge in [0.05, 0.1) is 6.61 Å². The fraction of sp³-hybridized carbons (Fsp3) is 0.312. The third-order valence-electron chi connectivity index (χ3n) is 2.34. The minimum Gasteiger partial charge on any atom is -0.493 e. The maximum absolute atomic E-state index is 10.6. The van der Waals surface area contributed by atoms with Crippen LogP contribution < -0.4 is 9.47 Å². The monoisotopic (exact) mass is 276 g/mol. The average molecular weight is 276 g/mol. The van der Waals surface area contributed by atoms with Crippen LogP contribution in [0.15, 0.2) is 36.4 Å². The number of hydrogen-bond donors (Lipinski definition) is 1. The molecule has 1 aromatic rings. The number of aliphatic carboxylic acids is 1. The molecule has 0 bridgehead atoms. The van der Waals surface area contributed by atoms with Gasteiger partial charge in [-0.1, -0.05) is 13.5 Å². The summed E-state index contributed by atoms with van der Waals surface area (Å²) < 4.78 is 11.2. The largest absolute Gasteiger partial charge is 0.493 e. The van der Waals surface area contributed by atoms with Crippen LogP contribution in [0.5, 0.6) is 11.5 Å². The van der Waals surface area contributed by atoms with E-state index in [2.05, 4.69) is 6.58 Å². The van der Waals surface area contributed by atoms with Gasteiger partial charge >= 0.3 is 5.97 Å². The Labute approximate surface area is 119 Å².